The van der Waals surface area contributed by atoms with Crippen LogP contribution in [0.1, 0.15) is 15.9 Å². The van der Waals surface area contributed by atoms with Gasteiger partial charge in [0.1, 0.15) is 5.75 Å². The summed E-state index contributed by atoms with van der Waals surface area (Å²) in [6.07, 6.45) is 0. The predicted octanol–water partition coefficient (Wildman–Crippen LogP) is 3.91. The molecule has 19 heavy (non-hydrogen) atoms. The van der Waals surface area contributed by atoms with Crippen LogP contribution in [0, 0.1) is 6.92 Å². The minimum atomic E-state index is -0.213. The van der Waals surface area contributed by atoms with Crippen LogP contribution in [0.25, 0.3) is 0 Å². The van der Waals surface area contributed by atoms with Gasteiger partial charge in [0.2, 0.25) is 0 Å². The van der Waals surface area contributed by atoms with E-state index in [1.165, 1.54) is 0 Å². The number of benzene rings is 2. The number of methoxy groups -OCH3 is 1. The SMILES string of the molecule is COc1cccc(C(=O)Nc2c(C)cccc2Cl)c1. The summed E-state index contributed by atoms with van der Waals surface area (Å²) in [5.41, 5.74) is 2.08. The van der Waals surface area contributed by atoms with Gasteiger partial charge in [0.05, 0.1) is 17.8 Å². The Kier molecular flexibility index (Phi) is 4.07. The van der Waals surface area contributed by atoms with E-state index in [0.29, 0.717) is 22.0 Å². The number of carbonyl (C=O) groups is 1. The highest BCUT2D eigenvalue weighted by molar-refractivity contribution is 6.34. The molecule has 4 heteroatoms. The van der Waals surface area contributed by atoms with Crippen LogP contribution in [0.3, 0.4) is 0 Å². The normalized spacial score (nSPS) is 10.1. The third kappa shape index (κ3) is 3.06. The van der Waals surface area contributed by atoms with Crippen molar-refractivity contribution < 1.29 is 9.53 Å². The summed E-state index contributed by atoms with van der Waals surface area (Å²) in [4.78, 5) is 12.2. The highest BCUT2D eigenvalue weighted by Gasteiger charge is 2.10. The molecule has 98 valence electrons. The summed E-state index contributed by atoms with van der Waals surface area (Å²) >= 11 is 6.08. The summed E-state index contributed by atoms with van der Waals surface area (Å²) < 4.78 is 5.10. The lowest BCUT2D eigenvalue weighted by Gasteiger charge is -2.10. The molecule has 0 fully saturated rings. The van der Waals surface area contributed by atoms with Crippen molar-refractivity contribution in [1.29, 1.82) is 0 Å². The highest BCUT2D eigenvalue weighted by atomic mass is 35.5. The second-order valence-corrected chi connectivity index (χ2v) is 4.53. The monoisotopic (exact) mass is 275 g/mol. The largest absolute Gasteiger partial charge is 0.497 e. The number of halogens is 1. The van der Waals surface area contributed by atoms with E-state index in [-0.39, 0.29) is 5.91 Å². The van der Waals surface area contributed by atoms with E-state index in [1.807, 2.05) is 19.1 Å². The molecule has 0 bridgehead atoms. The van der Waals surface area contributed by atoms with Gasteiger partial charge in [-0.25, -0.2) is 0 Å². The first-order valence-electron chi connectivity index (χ1n) is 5.82. The van der Waals surface area contributed by atoms with E-state index in [4.69, 9.17) is 16.3 Å². The topological polar surface area (TPSA) is 38.3 Å². The van der Waals surface area contributed by atoms with Crippen LogP contribution in [0.15, 0.2) is 42.5 Å². The van der Waals surface area contributed by atoms with Gasteiger partial charge in [-0.05, 0) is 36.8 Å². The van der Waals surface area contributed by atoms with E-state index in [9.17, 15) is 4.79 Å². The van der Waals surface area contributed by atoms with E-state index >= 15 is 0 Å². The fourth-order valence-corrected chi connectivity index (χ4v) is 2.01. The molecule has 0 atom stereocenters. The Morgan fingerprint density at radius 3 is 2.63 bits per heavy atom. The number of hydrogen-bond acceptors (Lipinski definition) is 2. The van der Waals surface area contributed by atoms with Crippen molar-refractivity contribution >= 4 is 23.2 Å². The van der Waals surface area contributed by atoms with Crippen molar-refractivity contribution in [2.45, 2.75) is 6.92 Å². The van der Waals surface area contributed by atoms with Crippen LogP contribution in [0.4, 0.5) is 5.69 Å². The Balaban J connectivity index is 2.25. The minimum absolute atomic E-state index is 0.213. The van der Waals surface area contributed by atoms with Gasteiger partial charge in [-0.3, -0.25) is 4.79 Å². The Hall–Kier alpha value is -2.00. The van der Waals surface area contributed by atoms with Crippen molar-refractivity contribution in [3.63, 3.8) is 0 Å². The number of aryl methyl sites for hydroxylation is 1. The first-order chi connectivity index (χ1) is 9.11. The molecule has 0 aliphatic rings. The third-order valence-electron chi connectivity index (χ3n) is 2.79. The van der Waals surface area contributed by atoms with Crippen molar-refractivity contribution in [3.05, 3.63) is 58.6 Å². The van der Waals surface area contributed by atoms with Gasteiger partial charge in [0.15, 0.2) is 0 Å². The fourth-order valence-electron chi connectivity index (χ4n) is 1.74. The average molecular weight is 276 g/mol. The van der Waals surface area contributed by atoms with E-state index < -0.39 is 0 Å². The number of nitrogens with one attached hydrogen (secondary N) is 1. The molecule has 1 N–H and O–H groups in total. The van der Waals surface area contributed by atoms with E-state index in [2.05, 4.69) is 5.32 Å². The Morgan fingerprint density at radius 1 is 1.21 bits per heavy atom. The third-order valence-corrected chi connectivity index (χ3v) is 3.11. The van der Waals surface area contributed by atoms with E-state index in [1.54, 1.807) is 37.4 Å². The van der Waals surface area contributed by atoms with Gasteiger partial charge in [0, 0.05) is 5.56 Å². The lowest BCUT2D eigenvalue weighted by molar-refractivity contribution is 0.102. The van der Waals surface area contributed by atoms with Gasteiger partial charge in [0.25, 0.3) is 5.91 Å². The molecule has 2 rings (SSSR count). The van der Waals surface area contributed by atoms with Crippen LogP contribution < -0.4 is 10.1 Å². The molecule has 0 aromatic heterocycles. The Morgan fingerprint density at radius 2 is 1.95 bits per heavy atom. The molecule has 2 aromatic carbocycles. The van der Waals surface area contributed by atoms with Gasteiger partial charge in [-0.2, -0.15) is 0 Å². The summed E-state index contributed by atoms with van der Waals surface area (Å²) in [6, 6.07) is 12.5. The molecule has 0 aliphatic carbocycles. The molecule has 0 heterocycles. The summed E-state index contributed by atoms with van der Waals surface area (Å²) in [5, 5.41) is 3.34. The maximum absolute atomic E-state index is 12.2. The zero-order valence-corrected chi connectivity index (χ0v) is 11.5. The van der Waals surface area contributed by atoms with Crippen molar-refractivity contribution in [3.8, 4) is 5.75 Å². The minimum Gasteiger partial charge on any atom is -0.497 e. The standard InChI is InChI=1S/C15H14ClNO2/c1-10-5-3-8-13(16)14(10)17-15(18)11-6-4-7-12(9-11)19-2/h3-9H,1-2H3,(H,17,18). The second-order valence-electron chi connectivity index (χ2n) is 4.12. The zero-order valence-electron chi connectivity index (χ0n) is 10.7. The Bertz CT molecular complexity index is 591. The molecule has 3 nitrogen and oxygen atoms in total. The van der Waals surface area contributed by atoms with Crippen molar-refractivity contribution in [1.82, 2.24) is 0 Å². The number of hydrogen-bond donors (Lipinski definition) is 1. The number of rotatable bonds is 3. The van der Waals surface area contributed by atoms with Crippen LogP contribution in [0.2, 0.25) is 5.02 Å². The molecule has 0 saturated heterocycles. The zero-order chi connectivity index (χ0) is 13.8. The van der Waals surface area contributed by atoms with Crippen LogP contribution in [-0.2, 0) is 0 Å². The number of carbonyl (C=O) groups excluding carboxylic acids is 1. The molecule has 0 saturated carbocycles. The molecule has 0 radical (unpaired) electrons. The number of para-hydroxylation sites is 1. The fraction of sp³-hybridized carbons (Fsp3) is 0.133. The van der Waals surface area contributed by atoms with Crippen molar-refractivity contribution in [2.75, 3.05) is 12.4 Å². The molecular formula is C15H14ClNO2. The Labute approximate surface area is 117 Å². The first kappa shape index (κ1) is 13.4. The summed E-state index contributed by atoms with van der Waals surface area (Å²) in [6.45, 7) is 1.90. The molecule has 0 aliphatic heterocycles. The van der Waals surface area contributed by atoms with E-state index in [0.717, 1.165) is 5.56 Å². The first-order valence-corrected chi connectivity index (χ1v) is 6.20. The average Bonchev–Trinajstić information content (AvgIpc) is 2.43. The number of anilines is 1. The van der Waals surface area contributed by atoms with Crippen LogP contribution >= 0.6 is 11.6 Å². The maximum Gasteiger partial charge on any atom is 0.255 e. The second kappa shape index (κ2) is 5.76. The quantitative estimate of drug-likeness (QED) is 0.922. The van der Waals surface area contributed by atoms with Gasteiger partial charge >= 0.3 is 0 Å². The maximum atomic E-state index is 12.2. The van der Waals surface area contributed by atoms with Crippen LogP contribution in [-0.4, -0.2) is 13.0 Å². The summed E-state index contributed by atoms with van der Waals surface area (Å²) in [5.74, 6) is 0.429. The molecule has 0 unspecified atom stereocenters. The van der Waals surface area contributed by atoms with Crippen LogP contribution in [0.5, 0.6) is 5.75 Å². The molecular weight excluding hydrogens is 262 g/mol. The van der Waals surface area contributed by atoms with Gasteiger partial charge in [-0.1, -0.05) is 29.8 Å². The lowest BCUT2D eigenvalue weighted by Crippen LogP contribution is -2.13. The summed E-state index contributed by atoms with van der Waals surface area (Å²) in [7, 11) is 1.56. The molecule has 0 spiro atoms. The number of amides is 1. The van der Waals surface area contributed by atoms with Gasteiger partial charge < -0.3 is 10.1 Å². The van der Waals surface area contributed by atoms with Crippen molar-refractivity contribution in [2.24, 2.45) is 0 Å². The van der Waals surface area contributed by atoms with Gasteiger partial charge in [-0.15, -0.1) is 0 Å². The smallest absolute Gasteiger partial charge is 0.255 e. The molecule has 2 aromatic rings. The number of ether oxygens (including phenoxy) is 1. The molecule has 1 amide bonds. The highest BCUT2D eigenvalue weighted by Crippen LogP contribution is 2.26. The predicted molar refractivity (Wildman–Crippen MR) is 77.1 cm³/mol. The lowest BCUT2D eigenvalue weighted by atomic mass is 10.1.